The summed E-state index contributed by atoms with van der Waals surface area (Å²) in [6.45, 7) is 2.20. The first-order chi connectivity index (χ1) is 34.1. The van der Waals surface area contributed by atoms with Crippen LogP contribution in [0.5, 0.6) is 11.5 Å². The highest BCUT2D eigenvalue weighted by molar-refractivity contribution is 9.10. The SMILES string of the molecule is C.COCN(c1cc(C)cnc1Br)S(=O)(=O)c1ccc(Cl)c(C(F)(F)F)c1.COCN(c1cc(C)cnc1C(O)c1c(F)cccc1OC)S(=O)(=O)c1ccc(Cl)c(C(F)(F)F)c1.COc1cccc(F)c1C=O. The maximum absolute atomic E-state index is 14.7. The fraction of sp³-hybridized carbons (Fsp3) is 0.255. The molecule has 0 amide bonds. The van der Waals surface area contributed by atoms with E-state index in [0.717, 1.165) is 34.6 Å². The maximum atomic E-state index is 14.7. The zero-order chi connectivity index (χ0) is 54.8. The molecule has 0 fully saturated rings. The van der Waals surface area contributed by atoms with Crippen LogP contribution in [0, 0.1) is 25.5 Å². The summed E-state index contributed by atoms with van der Waals surface area (Å²) in [5.74, 6) is -1.16. The van der Waals surface area contributed by atoms with E-state index in [4.69, 9.17) is 42.1 Å². The molecule has 2 heterocycles. The van der Waals surface area contributed by atoms with Gasteiger partial charge < -0.3 is 24.1 Å². The number of aromatic nitrogens is 2. The highest BCUT2D eigenvalue weighted by Gasteiger charge is 2.38. The van der Waals surface area contributed by atoms with Gasteiger partial charge in [0.2, 0.25) is 0 Å². The minimum absolute atomic E-state index is 0. The number of sulfonamides is 2. The number of nitrogens with zero attached hydrogens (tertiary/aromatic N) is 4. The third-order valence-corrected chi connectivity index (χ3v) is 14.5. The summed E-state index contributed by atoms with van der Waals surface area (Å²) < 4.78 is 181. The van der Waals surface area contributed by atoms with Crippen LogP contribution in [0.3, 0.4) is 0 Å². The van der Waals surface area contributed by atoms with Crippen LogP contribution in [0.2, 0.25) is 10.0 Å². The highest BCUT2D eigenvalue weighted by Crippen LogP contribution is 2.41. The number of pyridine rings is 2. The van der Waals surface area contributed by atoms with Crippen molar-refractivity contribution in [1.29, 1.82) is 0 Å². The summed E-state index contributed by atoms with van der Waals surface area (Å²) in [6, 6.07) is 15.4. The Balaban J connectivity index is 0.000000330. The standard InChI is InChI=1S/C23H21ClF4N2O5S.C15H13BrClF3N2O3S.C8H7FO2.CH4/c1-13-9-18(21(29-11-13)22(31)20-17(25)5-4-6-19(20)35-3)30(12-34-2)36(32,33)14-7-8-16(24)15(10-14)23(26,27)28;1-9-5-13(14(16)21-7-9)22(8-25-2)26(23,24)10-3-4-12(17)11(6-10)15(18,19)20;1-11-8-4-2-3-7(9)6(8)5-10;/h4-11,22,31H,12H2,1-3H3;3-7H,8H2,1-2H3;2-5H,1H3;1H4. The van der Waals surface area contributed by atoms with E-state index in [1.807, 2.05) is 0 Å². The molecular formula is C47H45BrCl2F8N4O10S2. The van der Waals surface area contributed by atoms with E-state index < -0.39 is 94.6 Å². The molecule has 0 spiro atoms. The van der Waals surface area contributed by atoms with Crippen molar-refractivity contribution in [3.63, 3.8) is 0 Å². The zero-order valence-corrected chi connectivity index (χ0v) is 43.4. The van der Waals surface area contributed by atoms with Gasteiger partial charge in [-0.3, -0.25) is 9.78 Å². The second kappa shape index (κ2) is 26.2. The van der Waals surface area contributed by atoms with Gasteiger partial charge in [-0.1, -0.05) is 42.8 Å². The number of aliphatic hydroxyl groups excluding tert-OH is 1. The molecule has 0 radical (unpaired) electrons. The van der Waals surface area contributed by atoms with Crippen LogP contribution in [-0.2, 0) is 41.9 Å². The van der Waals surface area contributed by atoms with Gasteiger partial charge in [0.15, 0.2) is 6.29 Å². The smallest absolute Gasteiger partial charge is 0.417 e. The van der Waals surface area contributed by atoms with Gasteiger partial charge in [0, 0.05) is 26.6 Å². The van der Waals surface area contributed by atoms with Gasteiger partial charge >= 0.3 is 12.4 Å². The van der Waals surface area contributed by atoms with E-state index >= 15 is 0 Å². The summed E-state index contributed by atoms with van der Waals surface area (Å²) in [6.07, 6.45) is -8.24. The largest absolute Gasteiger partial charge is 0.496 e. The lowest BCUT2D eigenvalue weighted by Gasteiger charge is -2.27. The Bertz CT molecular complexity index is 3160. The molecule has 0 aliphatic carbocycles. The minimum atomic E-state index is -4.91. The molecule has 14 nitrogen and oxygen atoms in total. The summed E-state index contributed by atoms with van der Waals surface area (Å²) in [5, 5.41) is 9.82. The number of carbonyl (C=O) groups excluding carboxylic acids is 1. The van der Waals surface area contributed by atoms with E-state index in [-0.39, 0.29) is 51.7 Å². The van der Waals surface area contributed by atoms with Gasteiger partial charge in [-0.05, 0) is 114 Å². The fourth-order valence-electron chi connectivity index (χ4n) is 6.38. The molecule has 74 heavy (non-hydrogen) atoms. The number of anilines is 2. The lowest BCUT2D eigenvalue weighted by atomic mass is 10.0. The number of benzene rings is 4. The summed E-state index contributed by atoms with van der Waals surface area (Å²) in [4.78, 5) is 17.1. The molecule has 0 saturated carbocycles. The Labute approximate surface area is 439 Å². The second-order valence-corrected chi connectivity index (χ2v) is 20.1. The van der Waals surface area contributed by atoms with Gasteiger partial charge in [0.1, 0.15) is 47.3 Å². The van der Waals surface area contributed by atoms with Crippen LogP contribution in [-0.4, -0.2) is 80.1 Å². The number of methoxy groups -OCH3 is 4. The first kappa shape index (κ1) is 62.6. The number of halogens is 11. The van der Waals surface area contributed by atoms with Crippen molar-refractivity contribution < 1.29 is 80.8 Å². The van der Waals surface area contributed by atoms with Crippen LogP contribution >= 0.6 is 39.1 Å². The van der Waals surface area contributed by atoms with Crippen molar-refractivity contribution in [2.75, 3.05) is 50.5 Å². The maximum Gasteiger partial charge on any atom is 0.417 e. The highest BCUT2D eigenvalue weighted by atomic mass is 79.9. The molecule has 0 bridgehead atoms. The number of hydrogen-bond donors (Lipinski definition) is 1. The van der Waals surface area contributed by atoms with Crippen LogP contribution in [0.4, 0.5) is 46.5 Å². The average molecular weight is 1190 g/mol. The van der Waals surface area contributed by atoms with E-state index in [0.29, 0.717) is 33.9 Å². The molecule has 0 aliphatic rings. The Morgan fingerprint density at radius 1 is 0.676 bits per heavy atom. The molecule has 2 aromatic heterocycles. The molecule has 0 saturated heterocycles. The quantitative estimate of drug-likeness (QED) is 0.0447. The van der Waals surface area contributed by atoms with Crippen LogP contribution in [0.15, 0.2) is 112 Å². The van der Waals surface area contributed by atoms with Crippen molar-refractivity contribution in [1.82, 2.24) is 9.97 Å². The van der Waals surface area contributed by atoms with Crippen molar-refractivity contribution >= 4 is 76.8 Å². The number of aliphatic hydroxyl groups is 1. The molecule has 1 N–H and O–H groups in total. The normalized spacial score (nSPS) is 12.0. The topological polar surface area (TPSA) is 175 Å². The molecule has 27 heteroatoms. The number of rotatable bonds is 15. The average Bonchev–Trinajstić information content (AvgIpc) is 3.32. The van der Waals surface area contributed by atoms with Crippen molar-refractivity contribution in [3.8, 4) is 11.5 Å². The molecule has 4 aromatic carbocycles. The zero-order valence-electron chi connectivity index (χ0n) is 38.7. The Morgan fingerprint density at radius 2 is 1.11 bits per heavy atom. The van der Waals surface area contributed by atoms with Crippen molar-refractivity contribution in [3.05, 3.63) is 163 Å². The van der Waals surface area contributed by atoms with E-state index in [2.05, 4.69) is 25.9 Å². The Kier molecular flexibility index (Phi) is 22.2. The molecule has 1 atom stereocenters. The first-order valence-corrected chi connectivity index (χ1v) is 24.7. The Morgan fingerprint density at radius 3 is 1.54 bits per heavy atom. The Hall–Kier alpha value is -5.67. The molecule has 6 aromatic rings. The summed E-state index contributed by atoms with van der Waals surface area (Å²) in [5.41, 5.74) is -2.21. The van der Waals surface area contributed by atoms with Gasteiger partial charge in [-0.2, -0.15) is 26.3 Å². The van der Waals surface area contributed by atoms with Gasteiger partial charge in [-0.25, -0.2) is 39.2 Å². The third-order valence-electron chi connectivity index (χ3n) is 9.80. The van der Waals surface area contributed by atoms with Crippen LogP contribution in [0.1, 0.15) is 57.4 Å². The molecule has 0 aliphatic heterocycles. The molecule has 1 unspecified atom stereocenters. The van der Waals surface area contributed by atoms with Crippen molar-refractivity contribution in [2.45, 2.75) is 49.5 Å². The number of aldehydes is 1. The first-order valence-electron chi connectivity index (χ1n) is 20.2. The molecule has 6 rings (SSSR count). The molecular weight excluding hydrogens is 1150 g/mol. The predicted molar refractivity (Wildman–Crippen MR) is 264 cm³/mol. The van der Waals surface area contributed by atoms with Gasteiger partial charge in [0.05, 0.1) is 73.4 Å². The van der Waals surface area contributed by atoms with Crippen molar-refractivity contribution in [2.24, 2.45) is 0 Å². The van der Waals surface area contributed by atoms with E-state index in [1.54, 1.807) is 13.8 Å². The number of hydrogen-bond acceptors (Lipinski definition) is 12. The van der Waals surface area contributed by atoms with Gasteiger partial charge in [0.25, 0.3) is 20.0 Å². The fourth-order valence-corrected chi connectivity index (χ4v) is 10.2. The monoisotopic (exact) mass is 1190 g/mol. The number of aryl methyl sites for hydroxylation is 2. The van der Waals surface area contributed by atoms with E-state index in [9.17, 15) is 61.9 Å². The summed E-state index contributed by atoms with van der Waals surface area (Å²) >= 11 is 14.4. The number of ether oxygens (including phenoxy) is 4. The predicted octanol–water partition coefficient (Wildman–Crippen LogP) is 12.0. The third kappa shape index (κ3) is 14.8. The van der Waals surface area contributed by atoms with Crippen LogP contribution in [0.25, 0.3) is 0 Å². The molecule has 402 valence electrons. The summed E-state index contributed by atoms with van der Waals surface area (Å²) in [7, 11) is -4.01. The second-order valence-electron chi connectivity index (χ2n) is 14.8. The lowest BCUT2D eigenvalue weighted by molar-refractivity contribution is -0.138. The number of carbonyl (C=O) groups is 1. The minimum Gasteiger partial charge on any atom is -0.496 e. The number of alkyl halides is 6. The van der Waals surface area contributed by atoms with Crippen LogP contribution < -0.4 is 18.1 Å². The van der Waals surface area contributed by atoms with Gasteiger partial charge in [-0.15, -0.1) is 0 Å². The van der Waals surface area contributed by atoms with E-state index in [1.165, 1.54) is 83.3 Å². The lowest BCUT2D eigenvalue weighted by Crippen LogP contribution is -2.34.